The number of nitrogens with zero attached hydrogens (tertiary/aromatic N) is 1. The quantitative estimate of drug-likeness (QED) is 0.613. The van der Waals surface area contributed by atoms with Gasteiger partial charge in [-0.3, -0.25) is 14.5 Å². The van der Waals surface area contributed by atoms with Gasteiger partial charge in [0.25, 0.3) is 0 Å². The number of nitrogens with one attached hydrogen (secondary N) is 2. The summed E-state index contributed by atoms with van der Waals surface area (Å²) < 4.78 is 5.78. The van der Waals surface area contributed by atoms with Gasteiger partial charge in [-0.2, -0.15) is 0 Å². The lowest BCUT2D eigenvalue weighted by Crippen LogP contribution is -2.47. The highest BCUT2D eigenvalue weighted by Crippen LogP contribution is 2.31. The van der Waals surface area contributed by atoms with Crippen LogP contribution in [0, 0.1) is 0 Å². The number of fused-ring (bicyclic) bond motifs is 1. The van der Waals surface area contributed by atoms with Crippen LogP contribution in [0.15, 0.2) is 72.8 Å². The molecule has 1 aliphatic heterocycles. The summed E-state index contributed by atoms with van der Waals surface area (Å²) in [6.07, 6.45) is 0. The fraction of sp³-hybridized carbons (Fsp3) is 0.130. The molecule has 0 saturated heterocycles. The van der Waals surface area contributed by atoms with Crippen molar-refractivity contribution in [2.75, 3.05) is 22.1 Å². The Morgan fingerprint density at radius 2 is 1.77 bits per heavy atom. The molecule has 152 valence electrons. The summed E-state index contributed by atoms with van der Waals surface area (Å²) >= 11 is 6.12. The molecule has 6 nitrogen and oxygen atoms in total. The van der Waals surface area contributed by atoms with Gasteiger partial charge in [-0.1, -0.05) is 35.9 Å². The number of carbonyl (C=O) groups excluding carboxylic acids is 2. The summed E-state index contributed by atoms with van der Waals surface area (Å²) in [4.78, 5) is 26.5. The number of amides is 2. The highest BCUT2D eigenvalue weighted by atomic mass is 35.5. The van der Waals surface area contributed by atoms with Gasteiger partial charge in [-0.05, 0) is 55.5 Å². The van der Waals surface area contributed by atoms with Crippen molar-refractivity contribution in [3.63, 3.8) is 0 Å². The largest absolute Gasteiger partial charge is 0.456 e. The Morgan fingerprint density at radius 1 is 1.07 bits per heavy atom. The maximum Gasteiger partial charge on any atom is 0.249 e. The molecule has 0 spiro atoms. The normalized spacial score (nSPS) is 13.8. The molecule has 2 N–H and O–H groups in total. The van der Waals surface area contributed by atoms with Crippen molar-refractivity contribution in [1.82, 2.24) is 0 Å². The molecule has 1 aliphatic rings. The maximum absolute atomic E-state index is 13.0. The van der Waals surface area contributed by atoms with Gasteiger partial charge in [-0.25, -0.2) is 0 Å². The van der Waals surface area contributed by atoms with Crippen molar-refractivity contribution in [2.45, 2.75) is 13.0 Å². The maximum atomic E-state index is 13.0. The van der Waals surface area contributed by atoms with Crippen molar-refractivity contribution >= 4 is 40.5 Å². The second-order valence-electron chi connectivity index (χ2n) is 6.91. The molecular weight excluding hydrogens is 402 g/mol. The Bertz CT molecular complexity index is 1090. The van der Waals surface area contributed by atoms with E-state index in [4.69, 9.17) is 16.3 Å². The number of halogens is 1. The average Bonchev–Trinajstić information content (AvgIpc) is 2.75. The zero-order valence-electron chi connectivity index (χ0n) is 16.3. The van der Waals surface area contributed by atoms with E-state index in [9.17, 15) is 9.59 Å². The monoisotopic (exact) mass is 421 g/mol. The third-order valence-corrected chi connectivity index (χ3v) is 5.02. The first-order valence-electron chi connectivity index (χ1n) is 9.50. The van der Waals surface area contributed by atoms with Gasteiger partial charge in [0.1, 0.15) is 24.1 Å². The molecule has 1 atom stereocenters. The molecule has 0 saturated carbocycles. The zero-order valence-corrected chi connectivity index (χ0v) is 17.0. The van der Waals surface area contributed by atoms with Gasteiger partial charge in [0.15, 0.2) is 0 Å². The number of benzene rings is 3. The van der Waals surface area contributed by atoms with E-state index in [1.54, 1.807) is 37.3 Å². The van der Waals surface area contributed by atoms with E-state index in [1.807, 2.05) is 42.5 Å². The van der Waals surface area contributed by atoms with Crippen molar-refractivity contribution in [2.24, 2.45) is 0 Å². The number of rotatable bonds is 5. The predicted molar refractivity (Wildman–Crippen MR) is 118 cm³/mol. The first kappa shape index (κ1) is 19.8. The average molecular weight is 422 g/mol. The third-order valence-electron chi connectivity index (χ3n) is 4.71. The van der Waals surface area contributed by atoms with Crippen molar-refractivity contribution in [3.8, 4) is 11.5 Å². The standard InChI is InChI=1S/C23H20ClN3O3/c1-15(23(29)27-14-22(28)26-19-7-3-4-8-20(19)27)25-16-10-12-17(13-11-16)30-21-9-5-2-6-18(21)24/h2-13,15,25H,14H2,1H3,(H,26,28)/t15-/m0/s1. The van der Waals surface area contributed by atoms with Crippen molar-refractivity contribution < 1.29 is 14.3 Å². The topological polar surface area (TPSA) is 70.7 Å². The summed E-state index contributed by atoms with van der Waals surface area (Å²) in [6, 6.07) is 21.2. The number of hydrogen-bond donors (Lipinski definition) is 2. The first-order valence-corrected chi connectivity index (χ1v) is 9.88. The second-order valence-corrected chi connectivity index (χ2v) is 7.32. The molecule has 0 unspecified atom stereocenters. The van der Waals surface area contributed by atoms with Crippen LogP contribution in [-0.2, 0) is 9.59 Å². The number of anilines is 3. The van der Waals surface area contributed by atoms with Crippen LogP contribution in [0.25, 0.3) is 0 Å². The molecular formula is C23H20ClN3O3. The minimum absolute atomic E-state index is 0.00746. The number of ether oxygens (including phenoxy) is 1. The Hall–Kier alpha value is -3.51. The number of carbonyl (C=O) groups is 2. The predicted octanol–water partition coefficient (Wildman–Crippen LogP) is 4.92. The van der Waals surface area contributed by atoms with E-state index < -0.39 is 6.04 Å². The molecule has 0 bridgehead atoms. The fourth-order valence-electron chi connectivity index (χ4n) is 3.25. The Balaban J connectivity index is 1.44. The van der Waals surface area contributed by atoms with E-state index in [-0.39, 0.29) is 18.4 Å². The van der Waals surface area contributed by atoms with Gasteiger partial charge < -0.3 is 15.4 Å². The van der Waals surface area contributed by atoms with Crippen molar-refractivity contribution in [1.29, 1.82) is 0 Å². The zero-order chi connectivity index (χ0) is 21.1. The van der Waals surface area contributed by atoms with E-state index >= 15 is 0 Å². The van der Waals surface area contributed by atoms with Crippen LogP contribution in [0.5, 0.6) is 11.5 Å². The van der Waals surface area contributed by atoms with Crippen LogP contribution in [-0.4, -0.2) is 24.4 Å². The minimum atomic E-state index is -0.528. The first-order chi connectivity index (χ1) is 14.5. The van der Waals surface area contributed by atoms with Crippen molar-refractivity contribution in [3.05, 3.63) is 77.8 Å². The van der Waals surface area contributed by atoms with Gasteiger partial charge >= 0.3 is 0 Å². The molecule has 30 heavy (non-hydrogen) atoms. The van der Waals surface area contributed by atoms with E-state index in [2.05, 4.69) is 10.6 Å². The summed E-state index contributed by atoms with van der Waals surface area (Å²) in [6.45, 7) is 1.76. The molecule has 2 amide bonds. The van der Waals surface area contributed by atoms with Crippen LogP contribution in [0.2, 0.25) is 5.02 Å². The molecule has 4 rings (SSSR count). The summed E-state index contributed by atoms with van der Waals surface area (Å²) in [7, 11) is 0. The van der Waals surface area contributed by atoms with Gasteiger partial charge in [-0.15, -0.1) is 0 Å². The van der Waals surface area contributed by atoms with Gasteiger partial charge in [0, 0.05) is 5.69 Å². The Kier molecular flexibility index (Phi) is 5.59. The second kappa shape index (κ2) is 8.47. The van der Waals surface area contributed by atoms with Gasteiger partial charge in [0.05, 0.1) is 16.4 Å². The van der Waals surface area contributed by atoms with E-state index in [0.717, 1.165) is 5.69 Å². The minimum Gasteiger partial charge on any atom is -0.456 e. The molecule has 0 fully saturated rings. The lowest BCUT2D eigenvalue weighted by atomic mass is 10.1. The Labute approximate surface area is 179 Å². The highest BCUT2D eigenvalue weighted by Gasteiger charge is 2.29. The van der Waals surface area contributed by atoms with Crippen LogP contribution < -0.4 is 20.3 Å². The lowest BCUT2D eigenvalue weighted by molar-refractivity contribution is -0.122. The molecule has 3 aromatic carbocycles. The number of hydrogen-bond acceptors (Lipinski definition) is 4. The molecule has 0 aliphatic carbocycles. The highest BCUT2D eigenvalue weighted by molar-refractivity contribution is 6.32. The van der Waals surface area contributed by atoms with Crippen LogP contribution >= 0.6 is 11.6 Å². The molecule has 1 heterocycles. The van der Waals surface area contributed by atoms with E-state index in [0.29, 0.717) is 27.9 Å². The summed E-state index contributed by atoms with van der Waals surface area (Å²) in [5.41, 5.74) is 2.09. The Morgan fingerprint density at radius 3 is 2.53 bits per heavy atom. The SMILES string of the molecule is C[C@H](Nc1ccc(Oc2ccccc2Cl)cc1)C(=O)N1CC(=O)Nc2ccccc21. The molecule has 0 radical (unpaired) electrons. The molecule has 7 heteroatoms. The van der Waals surface area contributed by atoms with Gasteiger partial charge in [0.2, 0.25) is 11.8 Å². The molecule has 0 aromatic heterocycles. The lowest BCUT2D eigenvalue weighted by Gasteiger charge is -2.31. The smallest absolute Gasteiger partial charge is 0.249 e. The third kappa shape index (κ3) is 4.23. The fourth-order valence-corrected chi connectivity index (χ4v) is 3.42. The van der Waals surface area contributed by atoms with Crippen LogP contribution in [0.4, 0.5) is 17.1 Å². The summed E-state index contributed by atoms with van der Waals surface area (Å²) in [5.74, 6) is 0.809. The number of para-hydroxylation sites is 3. The van der Waals surface area contributed by atoms with Crippen LogP contribution in [0.1, 0.15) is 6.92 Å². The molecule has 3 aromatic rings. The van der Waals surface area contributed by atoms with Crippen LogP contribution in [0.3, 0.4) is 0 Å². The summed E-state index contributed by atoms with van der Waals surface area (Å²) in [5, 5.41) is 6.50. The van der Waals surface area contributed by atoms with E-state index in [1.165, 1.54) is 4.90 Å².